The summed E-state index contributed by atoms with van der Waals surface area (Å²) in [6.07, 6.45) is 10.2. The van der Waals surface area contributed by atoms with E-state index in [0.717, 1.165) is 33.9 Å². The van der Waals surface area contributed by atoms with Crippen LogP contribution in [0.25, 0.3) is 22.8 Å². The van der Waals surface area contributed by atoms with E-state index in [4.69, 9.17) is 4.98 Å². The zero-order valence-electron chi connectivity index (χ0n) is 22.4. The molecule has 0 radical (unpaired) electrons. The molecule has 1 aliphatic heterocycles. The minimum Gasteiger partial charge on any atom is -0.383 e. The molecule has 0 unspecified atom stereocenters. The van der Waals surface area contributed by atoms with Crippen LogP contribution in [0.4, 0.5) is 0 Å². The average molecular weight is 511 g/mol. The average Bonchev–Trinajstić information content (AvgIpc) is 3.32. The van der Waals surface area contributed by atoms with Gasteiger partial charge in [-0.3, -0.25) is 19.7 Å². The van der Waals surface area contributed by atoms with Crippen molar-refractivity contribution in [2.75, 3.05) is 13.1 Å². The molecular weight excluding hydrogens is 476 g/mol. The van der Waals surface area contributed by atoms with Crippen molar-refractivity contribution in [3.05, 3.63) is 84.2 Å². The van der Waals surface area contributed by atoms with E-state index >= 15 is 0 Å². The lowest BCUT2D eigenvalue weighted by Gasteiger charge is -2.37. The van der Waals surface area contributed by atoms with Crippen molar-refractivity contribution in [1.29, 1.82) is 0 Å². The number of aromatic nitrogens is 5. The van der Waals surface area contributed by atoms with Gasteiger partial charge in [0.25, 0.3) is 0 Å². The first-order valence-electron chi connectivity index (χ1n) is 13.0. The molecule has 1 amide bonds. The van der Waals surface area contributed by atoms with Crippen molar-refractivity contribution in [3.63, 3.8) is 0 Å². The quantitative estimate of drug-likeness (QED) is 0.430. The second kappa shape index (κ2) is 10.1. The van der Waals surface area contributed by atoms with Crippen LogP contribution in [0.3, 0.4) is 0 Å². The summed E-state index contributed by atoms with van der Waals surface area (Å²) in [6.45, 7) is 7.42. The van der Waals surface area contributed by atoms with E-state index in [1.54, 1.807) is 18.6 Å². The monoisotopic (exact) mass is 510 g/mol. The highest BCUT2D eigenvalue weighted by atomic mass is 16.3. The van der Waals surface area contributed by atoms with Crippen molar-refractivity contribution < 1.29 is 9.90 Å². The molecular formula is C30H34N6O2. The second-order valence-electron chi connectivity index (χ2n) is 11.1. The van der Waals surface area contributed by atoms with Crippen molar-refractivity contribution in [3.8, 4) is 22.8 Å². The molecule has 38 heavy (non-hydrogen) atoms. The minimum absolute atomic E-state index is 0.0265. The summed E-state index contributed by atoms with van der Waals surface area (Å²) in [4.78, 5) is 32.8. The van der Waals surface area contributed by atoms with Gasteiger partial charge in [0, 0.05) is 56.7 Å². The van der Waals surface area contributed by atoms with Gasteiger partial charge in [-0.2, -0.15) is 0 Å². The number of pyridine rings is 3. The van der Waals surface area contributed by atoms with E-state index in [-0.39, 0.29) is 17.7 Å². The van der Waals surface area contributed by atoms with Gasteiger partial charge in [0.1, 0.15) is 11.3 Å². The van der Waals surface area contributed by atoms with Crippen molar-refractivity contribution in [1.82, 2.24) is 29.4 Å². The predicted molar refractivity (Wildman–Crippen MR) is 146 cm³/mol. The van der Waals surface area contributed by atoms with Crippen molar-refractivity contribution in [2.45, 2.75) is 51.0 Å². The van der Waals surface area contributed by atoms with Crippen molar-refractivity contribution >= 4 is 5.91 Å². The molecule has 1 N–H and O–H groups in total. The molecule has 5 rings (SSSR count). The summed E-state index contributed by atoms with van der Waals surface area (Å²) < 4.78 is 1.91. The highest BCUT2D eigenvalue weighted by molar-refractivity contribution is 5.79. The van der Waals surface area contributed by atoms with E-state index in [1.807, 2.05) is 59.2 Å². The molecule has 1 fully saturated rings. The zero-order valence-corrected chi connectivity index (χ0v) is 22.4. The highest BCUT2D eigenvalue weighted by Gasteiger charge is 2.38. The summed E-state index contributed by atoms with van der Waals surface area (Å²) in [5, 5.41) is 11.5. The normalized spacial score (nSPS) is 15.4. The van der Waals surface area contributed by atoms with E-state index < -0.39 is 5.60 Å². The molecule has 8 nitrogen and oxygen atoms in total. The Morgan fingerprint density at radius 3 is 2.34 bits per heavy atom. The largest absolute Gasteiger partial charge is 0.383 e. The Balaban J connectivity index is 1.22. The molecule has 4 aromatic heterocycles. The molecule has 0 aliphatic carbocycles. The fraction of sp³-hybridized carbons (Fsp3) is 0.367. The van der Waals surface area contributed by atoms with E-state index in [0.29, 0.717) is 31.6 Å². The number of nitrogens with zero attached hydrogens (tertiary/aromatic N) is 6. The van der Waals surface area contributed by atoms with E-state index in [9.17, 15) is 9.90 Å². The van der Waals surface area contributed by atoms with Crippen molar-refractivity contribution in [2.24, 2.45) is 7.05 Å². The maximum atomic E-state index is 13.0. The Labute approximate surface area is 223 Å². The molecule has 0 saturated carbocycles. The van der Waals surface area contributed by atoms with Gasteiger partial charge in [-0.05, 0) is 53.6 Å². The summed E-state index contributed by atoms with van der Waals surface area (Å²) in [7, 11) is 1.92. The fourth-order valence-electron chi connectivity index (χ4n) is 4.78. The van der Waals surface area contributed by atoms with Gasteiger partial charge >= 0.3 is 0 Å². The maximum absolute atomic E-state index is 13.0. The number of aryl methyl sites for hydroxylation is 1. The van der Waals surface area contributed by atoms with Gasteiger partial charge in [0.2, 0.25) is 5.91 Å². The van der Waals surface area contributed by atoms with Crippen LogP contribution in [0.5, 0.6) is 0 Å². The number of aliphatic hydroxyl groups is 1. The molecule has 0 bridgehead atoms. The molecule has 0 atom stereocenters. The number of carbonyl (C=O) groups is 1. The first kappa shape index (κ1) is 25.7. The lowest BCUT2D eigenvalue weighted by molar-refractivity contribution is -0.135. The molecule has 8 heteroatoms. The smallest absolute Gasteiger partial charge is 0.227 e. The number of hydrogen-bond acceptors (Lipinski definition) is 6. The molecule has 1 aliphatic rings. The Kier molecular flexibility index (Phi) is 6.84. The van der Waals surface area contributed by atoms with Gasteiger partial charge in [0.05, 0.1) is 17.8 Å². The van der Waals surface area contributed by atoms with Crippen LogP contribution in [0.15, 0.2) is 67.4 Å². The third-order valence-corrected chi connectivity index (χ3v) is 7.29. The Bertz CT molecular complexity index is 1400. The third-order valence-electron chi connectivity index (χ3n) is 7.29. The van der Waals surface area contributed by atoms with Crippen LogP contribution in [0.1, 0.15) is 50.4 Å². The summed E-state index contributed by atoms with van der Waals surface area (Å²) in [5.74, 6) is 0.752. The Hall–Kier alpha value is -3.91. The first-order chi connectivity index (χ1) is 18.1. The SMILES string of the molecule is Cn1cc(C2(O)CCN(C(=O)Cc3ccc(-c4cccnc4)nc3)CC2)nc1-c1ccc(C(C)(C)C)cn1. The topological polar surface area (TPSA) is 97.0 Å². The van der Waals surface area contributed by atoms with Gasteiger partial charge < -0.3 is 14.6 Å². The molecule has 0 aromatic carbocycles. The van der Waals surface area contributed by atoms with Gasteiger partial charge in [-0.15, -0.1) is 0 Å². The predicted octanol–water partition coefficient (Wildman–Crippen LogP) is 4.29. The van der Waals surface area contributed by atoms with Gasteiger partial charge in [-0.1, -0.05) is 32.9 Å². The van der Waals surface area contributed by atoms with Crippen LogP contribution in [0.2, 0.25) is 0 Å². The standard InChI is InChI=1S/C30H34N6O2/c1-29(2,3)23-8-10-25(33-19-23)28-34-26(20-35(28)4)30(38)11-14-36(15-12-30)27(37)16-21-7-9-24(32-17-21)22-6-5-13-31-18-22/h5-10,13,17-20,38H,11-12,14-16H2,1-4H3. The number of likely N-dealkylation sites (tertiary alicyclic amines) is 1. The lowest BCUT2D eigenvalue weighted by atomic mass is 9.88. The molecule has 4 aromatic rings. The Morgan fingerprint density at radius 2 is 1.74 bits per heavy atom. The number of rotatable bonds is 5. The minimum atomic E-state index is -1.08. The summed E-state index contributed by atoms with van der Waals surface area (Å²) in [5.41, 5.74) is 4.13. The molecule has 0 spiro atoms. The maximum Gasteiger partial charge on any atom is 0.227 e. The fourth-order valence-corrected chi connectivity index (χ4v) is 4.78. The van der Waals surface area contributed by atoms with Crippen LogP contribution in [-0.4, -0.2) is 53.5 Å². The molecule has 196 valence electrons. The number of imidazole rings is 1. The number of hydrogen-bond donors (Lipinski definition) is 1. The van der Waals surface area contributed by atoms with Crippen LogP contribution >= 0.6 is 0 Å². The van der Waals surface area contributed by atoms with Crippen LogP contribution < -0.4 is 0 Å². The number of piperidine rings is 1. The molecule has 5 heterocycles. The lowest BCUT2D eigenvalue weighted by Crippen LogP contribution is -2.45. The second-order valence-corrected chi connectivity index (χ2v) is 11.1. The summed E-state index contributed by atoms with van der Waals surface area (Å²) >= 11 is 0. The Morgan fingerprint density at radius 1 is 1.00 bits per heavy atom. The van der Waals surface area contributed by atoms with Gasteiger partial charge in [0.15, 0.2) is 5.82 Å². The molecule has 1 saturated heterocycles. The van der Waals surface area contributed by atoms with E-state index in [2.05, 4.69) is 41.8 Å². The zero-order chi connectivity index (χ0) is 26.9. The number of amides is 1. The van der Waals surface area contributed by atoms with E-state index in [1.165, 1.54) is 0 Å². The first-order valence-corrected chi connectivity index (χ1v) is 13.0. The third kappa shape index (κ3) is 5.36. The highest BCUT2D eigenvalue weighted by Crippen LogP contribution is 2.34. The van der Waals surface area contributed by atoms with Crippen LogP contribution in [0, 0.1) is 0 Å². The van der Waals surface area contributed by atoms with Gasteiger partial charge in [-0.25, -0.2) is 4.98 Å². The number of carbonyl (C=O) groups excluding carboxylic acids is 1. The summed E-state index contributed by atoms with van der Waals surface area (Å²) in [6, 6.07) is 11.7. The van der Waals surface area contributed by atoms with Crippen LogP contribution in [-0.2, 0) is 29.3 Å².